The van der Waals surface area contributed by atoms with Gasteiger partial charge in [0.1, 0.15) is 0 Å². The number of carbonyl (C=O) groups excluding carboxylic acids is 1. The minimum absolute atomic E-state index is 0.00278. The number of nitrogens with zero attached hydrogens (tertiary/aromatic N) is 3. The lowest BCUT2D eigenvalue weighted by Crippen LogP contribution is -2.48. The summed E-state index contributed by atoms with van der Waals surface area (Å²) in [6, 6.07) is 1.77. The van der Waals surface area contributed by atoms with Crippen LogP contribution in [-0.2, 0) is 11.3 Å². The van der Waals surface area contributed by atoms with Gasteiger partial charge in [-0.1, -0.05) is 0 Å². The molecule has 1 aromatic heterocycles. The standard InChI is InChI=1S/C9H13N5O/c10-5-7-1-2-12-9(13-7)14-4-3-11-8(15)6-14/h1-2H,3-6,10H2,(H,11,15). The fourth-order valence-corrected chi connectivity index (χ4v) is 1.46. The molecular weight excluding hydrogens is 194 g/mol. The molecule has 1 aliphatic rings. The largest absolute Gasteiger partial charge is 0.353 e. The van der Waals surface area contributed by atoms with Crippen molar-refractivity contribution < 1.29 is 4.79 Å². The van der Waals surface area contributed by atoms with Crippen LogP contribution in [0, 0.1) is 0 Å². The molecule has 1 saturated heterocycles. The predicted octanol–water partition coefficient (Wildman–Crippen LogP) is -1.13. The van der Waals surface area contributed by atoms with Crippen molar-refractivity contribution in [3.05, 3.63) is 18.0 Å². The van der Waals surface area contributed by atoms with Gasteiger partial charge in [0.05, 0.1) is 12.2 Å². The van der Waals surface area contributed by atoms with Crippen LogP contribution < -0.4 is 16.0 Å². The quantitative estimate of drug-likeness (QED) is 0.641. The Hall–Kier alpha value is -1.69. The van der Waals surface area contributed by atoms with Crippen molar-refractivity contribution in [2.45, 2.75) is 6.54 Å². The maximum absolute atomic E-state index is 11.2. The molecule has 0 bridgehead atoms. The Morgan fingerprint density at radius 2 is 2.47 bits per heavy atom. The molecule has 0 unspecified atom stereocenters. The number of nitrogens with one attached hydrogen (secondary N) is 1. The van der Waals surface area contributed by atoms with Crippen molar-refractivity contribution in [3.8, 4) is 0 Å². The summed E-state index contributed by atoms with van der Waals surface area (Å²) >= 11 is 0. The number of anilines is 1. The third-order valence-electron chi connectivity index (χ3n) is 2.23. The van der Waals surface area contributed by atoms with E-state index in [-0.39, 0.29) is 5.91 Å². The number of hydrogen-bond acceptors (Lipinski definition) is 5. The fourth-order valence-electron chi connectivity index (χ4n) is 1.46. The highest BCUT2D eigenvalue weighted by molar-refractivity contribution is 5.81. The summed E-state index contributed by atoms with van der Waals surface area (Å²) in [6.07, 6.45) is 1.66. The molecule has 6 heteroatoms. The second-order valence-corrected chi connectivity index (χ2v) is 3.32. The van der Waals surface area contributed by atoms with Crippen molar-refractivity contribution in [1.82, 2.24) is 15.3 Å². The summed E-state index contributed by atoms with van der Waals surface area (Å²) in [5.74, 6) is 0.579. The van der Waals surface area contributed by atoms with Crippen LogP contribution in [0.3, 0.4) is 0 Å². The number of nitrogens with two attached hydrogens (primary N) is 1. The molecule has 1 fully saturated rings. The van der Waals surface area contributed by atoms with Gasteiger partial charge < -0.3 is 16.0 Å². The second kappa shape index (κ2) is 4.22. The molecule has 0 aliphatic carbocycles. The topological polar surface area (TPSA) is 84.1 Å². The van der Waals surface area contributed by atoms with E-state index in [1.54, 1.807) is 12.3 Å². The van der Waals surface area contributed by atoms with Gasteiger partial charge in [-0.2, -0.15) is 0 Å². The smallest absolute Gasteiger partial charge is 0.239 e. The van der Waals surface area contributed by atoms with Gasteiger partial charge in [-0.05, 0) is 6.07 Å². The monoisotopic (exact) mass is 207 g/mol. The maximum Gasteiger partial charge on any atom is 0.239 e. The summed E-state index contributed by atoms with van der Waals surface area (Å²) in [7, 11) is 0. The first kappa shape index (κ1) is 9.85. The SMILES string of the molecule is NCc1ccnc(N2CCNC(=O)C2)n1. The Morgan fingerprint density at radius 3 is 3.20 bits per heavy atom. The minimum Gasteiger partial charge on any atom is -0.353 e. The first-order chi connectivity index (χ1) is 7.29. The number of carbonyl (C=O) groups is 1. The molecule has 2 rings (SSSR count). The highest BCUT2D eigenvalue weighted by Crippen LogP contribution is 2.08. The van der Waals surface area contributed by atoms with Gasteiger partial charge in [-0.25, -0.2) is 9.97 Å². The molecule has 0 spiro atoms. The van der Waals surface area contributed by atoms with Gasteiger partial charge >= 0.3 is 0 Å². The van der Waals surface area contributed by atoms with E-state index in [0.29, 0.717) is 25.6 Å². The van der Waals surface area contributed by atoms with Gasteiger partial charge in [0.25, 0.3) is 0 Å². The van der Waals surface area contributed by atoms with E-state index in [0.717, 1.165) is 12.2 Å². The Balaban J connectivity index is 2.17. The summed E-state index contributed by atoms with van der Waals surface area (Å²) in [4.78, 5) is 21.4. The Morgan fingerprint density at radius 1 is 1.60 bits per heavy atom. The zero-order chi connectivity index (χ0) is 10.7. The number of hydrogen-bond donors (Lipinski definition) is 2. The molecular formula is C9H13N5O. The molecule has 1 amide bonds. The van der Waals surface area contributed by atoms with Crippen LogP contribution >= 0.6 is 0 Å². The Labute approximate surface area is 87.5 Å². The average Bonchev–Trinajstić information content (AvgIpc) is 2.29. The van der Waals surface area contributed by atoms with E-state index in [4.69, 9.17) is 5.73 Å². The van der Waals surface area contributed by atoms with Gasteiger partial charge in [-0.3, -0.25) is 4.79 Å². The van der Waals surface area contributed by atoms with Crippen molar-refractivity contribution in [3.63, 3.8) is 0 Å². The van der Waals surface area contributed by atoms with Crippen molar-refractivity contribution in [2.75, 3.05) is 24.5 Å². The second-order valence-electron chi connectivity index (χ2n) is 3.32. The molecule has 1 aliphatic heterocycles. The third-order valence-corrected chi connectivity index (χ3v) is 2.23. The van der Waals surface area contributed by atoms with Crippen LogP contribution in [0.2, 0.25) is 0 Å². The number of aromatic nitrogens is 2. The molecule has 2 heterocycles. The van der Waals surface area contributed by atoms with E-state index in [1.807, 2.05) is 4.90 Å². The zero-order valence-electron chi connectivity index (χ0n) is 8.31. The van der Waals surface area contributed by atoms with Crippen molar-refractivity contribution in [1.29, 1.82) is 0 Å². The Kier molecular flexibility index (Phi) is 2.77. The van der Waals surface area contributed by atoms with Gasteiger partial charge in [-0.15, -0.1) is 0 Å². The van der Waals surface area contributed by atoms with Crippen LogP contribution in [0.5, 0.6) is 0 Å². The molecule has 6 nitrogen and oxygen atoms in total. The highest BCUT2D eigenvalue weighted by atomic mass is 16.2. The van der Waals surface area contributed by atoms with E-state index in [2.05, 4.69) is 15.3 Å². The summed E-state index contributed by atoms with van der Waals surface area (Å²) in [5.41, 5.74) is 6.27. The summed E-state index contributed by atoms with van der Waals surface area (Å²) < 4.78 is 0. The van der Waals surface area contributed by atoms with Gasteiger partial charge in [0, 0.05) is 25.8 Å². The van der Waals surface area contributed by atoms with E-state index in [9.17, 15) is 4.79 Å². The van der Waals surface area contributed by atoms with Gasteiger partial charge in [0.15, 0.2) is 0 Å². The number of amides is 1. The number of rotatable bonds is 2. The summed E-state index contributed by atoms with van der Waals surface area (Å²) in [5, 5.41) is 2.75. The lowest BCUT2D eigenvalue weighted by Gasteiger charge is -2.26. The van der Waals surface area contributed by atoms with Gasteiger partial charge in [0.2, 0.25) is 11.9 Å². The van der Waals surface area contributed by atoms with Crippen LogP contribution in [-0.4, -0.2) is 35.5 Å². The highest BCUT2D eigenvalue weighted by Gasteiger charge is 2.18. The van der Waals surface area contributed by atoms with Crippen molar-refractivity contribution in [2.24, 2.45) is 5.73 Å². The van der Waals surface area contributed by atoms with Crippen LogP contribution in [0.1, 0.15) is 5.69 Å². The van der Waals surface area contributed by atoms with Crippen molar-refractivity contribution >= 4 is 11.9 Å². The predicted molar refractivity (Wildman–Crippen MR) is 55.1 cm³/mol. The van der Waals surface area contributed by atoms with Crippen LogP contribution in [0.15, 0.2) is 12.3 Å². The molecule has 0 saturated carbocycles. The molecule has 80 valence electrons. The average molecular weight is 207 g/mol. The Bertz CT molecular complexity index is 367. The van der Waals surface area contributed by atoms with E-state index >= 15 is 0 Å². The summed E-state index contributed by atoms with van der Waals surface area (Å²) in [6.45, 7) is 2.07. The lowest BCUT2D eigenvalue weighted by atomic mass is 10.3. The van der Waals surface area contributed by atoms with E-state index < -0.39 is 0 Å². The maximum atomic E-state index is 11.2. The molecule has 3 N–H and O–H groups in total. The third kappa shape index (κ3) is 2.21. The normalized spacial score (nSPS) is 16.3. The first-order valence-corrected chi connectivity index (χ1v) is 4.83. The zero-order valence-corrected chi connectivity index (χ0v) is 8.31. The molecule has 15 heavy (non-hydrogen) atoms. The minimum atomic E-state index is 0.00278. The number of piperazine rings is 1. The van der Waals surface area contributed by atoms with Crippen LogP contribution in [0.25, 0.3) is 0 Å². The molecule has 0 aromatic carbocycles. The molecule has 0 radical (unpaired) electrons. The first-order valence-electron chi connectivity index (χ1n) is 4.83. The molecule has 1 aromatic rings. The molecule has 0 atom stereocenters. The van der Waals surface area contributed by atoms with E-state index in [1.165, 1.54) is 0 Å². The fraction of sp³-hybridized carbons (Fsp3) is 0.444. The lowest BCUT2D eigenvalue weighted by molar-refractivity contribution is -0.120. The van der Waals surface area contributed by atoms with Crippen LogP contribution in [0.4, 0.5) is 5.95 Å².